The van der Waals surface area contributed by atoms with Gasteiger partial charge in [0.1, 0.15) is 5.03 Å². The van der Waals surface area contributed by atoms with E-state index in [0.29, 0.717) is 5.03 Å². The van der Waals surface area contributed by atoms with Crippen molar-refractivity contribution in [1.82, 2.24) is 10.2 Å². The van der Waals surface area contributed by atoms with Crippen molar-refractivity contribution in [3.63, 3.8) is 0 Å². The van der Waals surface area contributed by atoms with Crippen LogP contribution in [0.15, 0.2) is 35.4 Å². The Morgan fingerprint density at radius 3 is 2.58 bits per heavy atom. The molecule has 98 valence electrons. The number of aromatic nitrogens is 2. The molecule has 0 aliphatic rings. The van der Waals surface area contributed by atoms with Crippen LogP contribution in [-0.2, 0) is 4.79 Å². The molecule has 0 saturated heterocycles. The van der Waals surface area contributed by atoms with E-state index in [2.05, 4.69) is 16.3 Å². The Labute approximate surface area is 115 Å². The highest BCUT2D eigenvalue weighted by Crippen LogP contribution is 2.23. The van der Waals surface area contributed by atoms with Crippen LogP contribution >= 0.6 is 11.8 Å². The average molecular weight is 274 g/mol. The Bertz CT molecular complexity index is 597. The molecule has 0 atom stereocenters. The molecule has 1 N–H and O–H groups in total. The van der Waals surface area contributed by atoms with Gasteiger partial charge in [-0.3, -0.25) is 4.79 Å². The number of hydrogen-bond acceptors (Lipinski definition) is 4. The fourth-order valence-corrected chi connectivity index (χ4v) is 2.31. The molecule has 0 spiro atoms. The van der Waals surface area contributed by atoms with Gasteiger partial charge in [-0.1, -0.05) is 35.5 Å². The van der Waals surface area contributed by atoms with Crippen LogP contribution < -0.4 is 0 Å². The molecule has 19 heavy (non-hydrogen) atoms. The van der Waals surface area contributed by atoms with Crippen molar-refractivity contribution in [2.45, 2.75) is 18.9 Å². The summed E-state index contributed by atoms with van der Waals surface area (Å²) < 4.78 is 0. The lowest BCUT2D eigenvalue weighted by molar-refractivity contribution is -0.133. The van der Waals surface area contributed by atoms with Gasteiger partial charge in [-0.05, 0) is 31.5 Å². The number of aliphatic carboxylic acids is 1. The van der Waals surface area contributed by atoms with E-state index in [9.17, 15) is 4.79 Å². The number of hydrogen-bond donors (Lipinski definition) is 1. The van der Waals surface area contributed by atoms with E-state index in [0.717, 1.165) is 16.8 Å². The van der Waals surface area contributed by atoms with Gasteiger partial charge in [0.25, 0.3) is 0 Å². The maximum Gasteiger partial charge on any atom is 0.313 e. The first-order valence-electron chi connectivity index (χ1n) is 5.82. The third-order valence-electron chi connectivity index (χ3n) is 2.64. The fourth-order valence-electron chi connectivity index (χ4n) is 1.78. The third-order valence-corrected chi connectivity index (χ3v) is 3.55. The van der Waals surface area contributed by atoms with Crippen LogP contribution in [0.1, 0.15) is 11.1 Å². The SMILES string of the molecule is Cc1ccc(-c2ccc(SCC(=O)O)nn2)c(C)c1. The highest BCUT2D eigenvalue weighted by atomic mass is 32.2. The van der Waals surface area contributed by atoms with Crippen LogP contribution in [0, 0.1) is 13.8 Å². The molecule has 0 bridgehead atoms. The largest absolute Gasteiger partial charge is 0.481 e. The molecule has 1 heterocycles. The molecule has 0 aliphatic carbocycles. The number of thioether (sulfide) groups is 1. The van der Waals surface area contributed by atoms with Crippen LogP contribution in [0.25, 0.3) is 11.3 Å². The molecule has 0 radical (unpaired) electrons. The molecule has 2 aromatic rings. The van der Waals surface area contributed by atoms with Gasteiger partial charge in [-0.15, -0.1) is 10.2 Å². The molecule has 0 unspecified atom stereocenters. The minimum Gasteiger partial charge on any atom is -0.481 e. The van der Waals surface area contributed by atoms with E-state index >= 15 is 0 Å². The minimum absolute atomic E-state index is 0.00239. The summed E-state index contributed by atoms with van der Waals surface area (Å²) >= 11 is 1.17. The second-order valence-electron chi connectivity index (χ2n) is 4.26. The van der Waals surface area contributed by atoms with Crippen LogP contribution in [0.3, 0.4) is 0 Å². The number of carboxylic acids is 1. The van der Waals surface area contributed by atoms with Crippen molar-refractivity contribution in [2.24, 2.45) is 0 Å². The van der Waals surface area contributed by atoms with Crippen LogP contribution in [0.4, 0.5) is 0 Å². The Morgan fingerprint density at radius 1 is 1.21 bits per heavy atom. The van der Waals surface area contributed by atoms with Gasteiger partial charge >= 0.3 is 5.97 Å². The first kappa shape index (κ1) is 13.5. The Morgan fingerprint density at radius 2 is 2.00 bits per heavy atom. The molecule has 0 aliphatic heterocycles. The quantitative estimate of drug-likeness (QED) is 0.868. The maximum atomic E-state index is 10.5. The molecular weight excluding hydrogens is 260 g/mol. The number of carboxylic acid groups (broad SMARTS) is 1. The molecule has 0 fully saturated rings. The lowest BCUT2D eigenvalue weighted by Gasteiger charge is -2.06. The number of carbonyl (C=O) groups is 1. The number of benzene rings is 1. The van der Waals surface area contributed by atoms with Crippen molar-refractivity contribution in [1.29, 1.82) is 0 Å². The molecule has 2 rings (SSSR count). The highest BCUT2D eigenvalue weighted by molar-refractivity contribution is 7.99. The summed E-state index contributed by atoms with van der Waals surface area (Å²) in [5.41, 5.74) is 4.22. The fraction of sp³-hybridized carbons (Fsp3) is 0.214. The van der Waals surface area contributed by atoms with Gasteiger partial charge in [0.2, 0.25) is 0 Å². The van der Waals surface area contributed by atoms with Crippen molar-refractivity contribution in [3.8, 4) is 11.3 Å². The van der Waals surface area contributed by atoms with Crippen LogP contribution in [0.5, 0.6) is 0 Å². The molecule has 0 amide bonds. The molecule has 1 aromatic heterocycles. The Kier molecular flexibility index (Phi) is 4.16. The summed E-state index contributed by atoms with van der Waals surface area (Å²) in [4.78, 5) is 10.5. The van der Waals surface area contributed by atoms with E-state index in [1.54, 1.807) is 6.07 Å². The van der Waals surface area contributed by atoms with Gasteiger partial charge in [0.05, 0.1) is 11.4 Å². The second kappa shape index (κ2) is 5.84. The van der Waals surface area contributed by atoms with E-state index in [4.69, 9.17) is 5.11 Å². The van der Waals surface area contributed by atoms with E-state index in [1.165, 1.54) is 17.3 Å². The maximum absolute atomic E-state index is 10.5. The number of nitrogens with zero attached hydrogens (tertiary/aromatic N) is 2. The molecule has 5 heteroatoms. The predicted molar refractivity (Wildman–Crippen MR) is 75.3 cm³/mol. The first-order valence-corrected chi connectivity index (χ1v) is 6.81. The molecule has 1 aromatic carbocycles. The molecule has 0 saturated carbocycles. The van der Waals surface area contributed by atoms with Crippen LogP contribution in [0.2, 0.25) is 0 Å². The number of rotatable bonds is 4. The average Bonchev–Trinajstić information content (AvgIpc) is 2.37. The van der Waals surface area contributed by atoms with Crippen molar-refractivity contribution < 1.29 is 9.90 Å². The zero-order valence-corrected chi connectivity index (χ0v) is 11.6. The summed E-state index contributed by atoms with van der Waals surface area (Å²) in [5.74, 6) is -0.859. The first-order chi connectivity index (χ1) is 9.06. The zero-order chi connectivity index (χ0) is 13.8. The summed E-state index contributed by atoms with van der Waals surface area (Å²) in [6, 6.07) is 9.84. The minimum atomic E-state index is -0.856. The summed E-state index contributed by atoms with van der Waals surface area (Å²) in [6.07, 6.45) is 0. The summed E-state index contributed by atoms with van der Waals surface area (Å²) in [7, 11) is 0. The van der Waals surface area contributed by atoms with Crippen molar-refractivity contribution in [3.05, 3.63) is 41.5 Å². The lowest BCUT2D eigenvalue weighted by atomic mass is 10.0. The Balaban J connectivity index is 2.20. The monoisotopic (exact) mass is 274 g/mol. The van der Waals surface area contributed by atoms with Gasteiger partial charge in [-0.2, -0.15) is 0 Å². The van der Waals surface area contributed by atoms with Gasteiger partial charge < -0.3 is 5.11 Å². The summed E-state index contributed by atoms with van der Waals surface area (Å²) in [5, 5.41) is 17.4. The van der Waals surface area contributed by atoms with Gasteiger partial charge in [0, 0.05) is 5.56 Å². The summed E-state index contributed by atoms with van der Waals surface area (Å²) in [6.45, 7) is 4.09. The normalized spacial score (nSPS) is 10.4. The highest BCUT2D eigenvalue weighted by Gasteiger charge is 2.06. The zero-order valence-electron chi connectivity index (χ0n) is 10.8. The molecular formula is C14H14N2O2S. The van der Waals surface area contributed by atoms with Crippen LogP contribution in [-0.4, -0.2) is 27.0 Å². The van der Waals surface area contributed by atoms with Crippen molar-refractivity contribution in [2.75, 3.05) is 5.75 Å². The second-order valence-corrected chi connectivity index (χ2v) is 5.25. The smallest absolute Gasteiger partial charge is 0.313 e. The lowest BCUT2D eigenvalue weighted by Crippen LogP contribution is -1.99. The third kappa shape index (κ3) is 3.54. The van der Waals surface area contributed by atoms with Crippen molar-refractivity contribution >= 4 is 17.7 Å². The molecule has 4 nitrogen and oxygen atoms in total. The standard InChI is InChI=1S/C14H14N2O2S/c1-9-3-4-11(10(2)7-9)12-5-6-13(16-15-12)19-8-14(17)18/h3-7H,8H2,1-2H3,(H,17,18). The van der Waals surface area contributed by atoms with Gasteiger partial charge in [-0.25, -0.2) is 0 Å². The van der Waals surface area contributed by atoms with E-state index in [-0.39, 0.29) is 5.75 Å². The van der Waals surface area contributed by atoms with E-state index in [1.807, 2.05) is 32.0 Å². The number of aryl methyl sites for hydroxylation is 2. The van der Waals surface area contributed by atoms with E-state index < -0.39 is 5.97 Å². The topological polar surface area (TPSA) is 63.1 Å². The predicted octanol–water partition coefficient (Wildman–Crippen LogP) is 2.94. The van der Waals surface area contributed by atoms with Gasteiger partial charge in [0.15, 0.2) is 0 Å². The Hall–Kier alpha value is -1.88.